The molecule has 0 bridgehead atoms. The number of aliphatic hydroxyl groups excluding tert-OH is 1. The van der Waals surface area contributed by atoms with Gasteiger partial charge in [0.15, 0.2) is 5.82 Å². The van der Waals surface area contributed by atoms with Crippen molar-refractivity contribution in [1.82, 2.24) is 14.9 Å². The van der Waals surface area contributed by atoms with Gasteiger partial charge in [-0.05, 0) is 47.7 Å². The van der Waals surface area contributed by atoms with E-state index >= 15 is 0 Å². The lowest BCUT2D eigenvalue weighted by atomic mass is 9.98. The van der Waals surface area contributed by atoms with Crippen molar-refractivity contribution in [2.45, 2.75) is 19.4 Å². The second kappa shape index (κ2) is 8.94. The highest BCUT2D eigenvalue weighted by Crippen LogP contribution is 2.38. The van der Waals surface area contributed by atoms with E-state index in [9.17, 15) is 5.11 Å². The Labute approximate surface area is 192 Å². The first-order valence-corrected chi connectivity index (χ1v) is 11.2. The van der Waals surface area contributed by atoms with E-state index in [-0.39, 0.29) is 6.61 Å². The maximum Gasteiger partial charge on any atom is 0.229 e. The molecule has 0 fully saturated rings. The molecule has 0 aliphatic carbocycles. The monoisotopic (exact) mass is 451 g/mol. The van der Waals surface area contributed by atoms with Crippen LogP contribution in [-0.2, 0) is 19.4 Å². The molecule has 32 heavy (non-hydrogen) atoms. The molecule has 2 aliphatic rings. The molecule has 0 radical (unpaired) electrons. The number of rotatable bonds is 6. The molecule has 7 nitrogen and oxygen atoms in total. The molecular weight excluding hydrogens is 426 g/mol. The van der Waals surface area contributed by atoms with Crippen LogP contribution in [0, 0.1) is 0 Å². The number of fused-ring (bicyclic) bond motifs is 2. The predicted molar refractivity (Wildman–Crippen MR) is 127 cm³/mol. The summed E-state index contributed by atoms with van der Waals surface area (Å²) in [4.78, 5) is 13.6. The normalized spacial score (nSPS) is 15.4. The van der Waals surface area contributed by atoms with Gasteiger partial charge >= 0.3 is 0 Å². The molecule has 2 aromatic carbocycles. The van der Waals surface area contributed by atoms with Crippen molar-refractivity contribution in [3.8, 4) is 5.75 Å². The van der Waals surface area contributed by atoms with Crippen LogP contribution in [0.15, 0.2) is 42.6 Å². The van der Waals surface area contributed by atoms with Gasteiger partial charge in [0.05, 0.1) is 25.6 Å². The number of hydrogen-bond acceptors (Lipinski definition) is 7. The molecule has 0 atom stereocenters. The molecule has 0 saturated heterocycles. The summed E-state index contributed by atoms with van der Waals surface area (Å²) in [6, 6.07) is 12.5. The summed E-state index contributed by atoms with van der Waals surface area (Å²) in [5.41, 5.74) is 5.73. The number of nitrogens with zero attached hydrogens (tertiary/aromatic N) is 4. The van der Waals surface area contributed by atoms with Gasteiger partial charge in [0, 0.05) is 31.9 Å². The number of nitrogens with one attached hydrogen (secondary N) is 1. The fraction of sp³-hybridized carbons (Fsp3) is 0.333. The van der Waals surface area contributed by atoms with E-state index in [2.05, 4.69) is 50.4 Å². The Balaban J connectivity index is 1.45. The van der Waals surface area contributed by atoms with Gasteiger partial charge in [-0.15, -0.1) is 0 Å². The van der Waals surface area contributed by atoms with Gasteiger partial charge in [0.25, 0.3) is 0 Å². The van der Waals surface area contributed by atoms with Crippen molar-refractivity contribution in [2.24, 2.45) is 0 Å². The third-order valence-electron chi connectivity index (χ3n) is 6.14. The number of aliphatic hydroxyl groups is 1. The number of halogens is 1. The van der Waals surface area contributed by atoms with Crippen LogP contribution in [0.25, 0.3) is 0 Å². The molecule has 8 heteroatoms. The van der Waals surface area contributed by atoms with Crippen molar-refractivity contribution in [1.29, 1.82) is 0 Å². The zero-order valence-electron chi connectivity index (χ0n) is 18.0. The molecule has 3 aromatic rings. The standard InChI is InChI=1S/C24H26ClN5O2/c1-32-22-13-17-6-8-29(10-11-31)15-18(17)12-20(22)27-24-26-14-19(25)23(28-24)30-9-7-16-4-2-3-5-21(16)30/h2-5,12-14,31H,6-11,15H2,1H3,(H,26,27,28). The summed E-state index contributed by atoms with van der Waals surface area (Å²) >= 11 is 6.50. The number of ether oxygens (including phenoxy) is 1. The minimum atomic E-state index is 0.164. The molecule has 0 saturated carbocycles. The highest BCUT2D eigenvalue weighted by atomic mass is 35.5. The Kier molecular flexibility index (Phi) is 5.87. The van der Waals surface area contributed by atoms with Crippen LogP contribution in [0.3, 0.4) is 0 Å². The highest BCUT2D eigenvalue weighted by molar-refractivity contribution is 6.33. The molecule has 166 valence electrons. The highest BCUT2D eigenvalue weighted by Gasteiger charge is 2.24. The number of benzene rings is 2. The van der Waals surface area contributed by atoms with E-state index in [1.54, 1.807) is 13.3 Å². The van der Waals surface area contributed by atoms with Gasteiger partial charge in [-0.2, -0.15) is 4.98 Å². The zero-order valence-corrected chi connectivity index (χ0v) is 18.8. The van der Waals surface area contributed by atoms with E-state index in [1.165, 1.54) is 16.7 Å². The second-order valence-corrected chi connectivity index (χ2v) is 8.50. The average Bonchev–Trinajstić information content (AvgIpc) is 3.24. The van der Waals surface area contributed by atoms with Gasteiger partial charge in [0.2, 0.25) is 5.95 Å². The minimum Gasteiger partial charge on any atom is -0.495 e. The summed E-state index contributed by atoms with van der Waals surface area (Å²) in [6.45, 7) is 3.40. The summed E-state index contributed by atoms with van der Waals surface area (Å²) in [6.07, 6.45) is 3.53. The molecule has 1 aromatic heterocycles. The molecule has 0 spiro atoms. The van der Waals surface area contributed by atoms with Gasteiger partial charge in [-0.25, -0.2) is 4.98 Å². The van der Waals surface area contributed by atoms with E-state index in [1.807, 2.05) is 6.07 Å². The fourth-order valence-corrected chi connectivity index (χ4v) is 4.72. The van der Waals surface area contributed by atoms with Crippen molar-refractivity contribution >= 4 is 34.7 Å². The topological polar surface area (TPSA) is 73.8 Å². The lowest BCUT2D eigenvalue weighted by Crippen LogP contribution is -2.32. The van der Waals surface area contributed by atoms with Crippen molar-refractivity contribution in [3.05, 3.63) is 64.3 Å². The average molecular weight is 452 g/mol. The molecule has 3 heterocycles. The van der Waals surface area contributed by atoms with Crippen LogP contribution in [0.4, 0.5) is 23.1 Å². The maximum atomic E-state index is 9.29. The third kappa shape index (κ3) is 3.99. The van der Waals surface area contributed by atoms with Gasteiger partial charge in [0.1, 0.15) is 10.8 Å². The number of anilines is 4. The Morgan fingerprint density at radius 1 is 1.12 bits per heavy atom. The molecule has 0 unspecified atom stereocenters. The maximum absolute atomic E-state index is 9.29. The van der Waals surface area contributed by atoms with Crippen molar-refractivity contribution < 1.29 is 9.84 Å². The molecule has 2 N–H and O–H groups in total. The number of aromatic nitrogens is 2. The quantitative estimate of drug-likeness (QED) is 0.588. The largest absolute Gasteiger partial charge is 0.495 e. The number of β-amino-alcohol motifs (C(OH)–C–C–N with tert-alkyl or cyclic N) is 1. The summed E-state index contributed by atoms with van der Waals surface area (Å²) in [7, 11) is 1.67. The van der Waals surface area contributed by atoms with Crippen LogP contribution < -0.4 is 15.0 Å². The van der Waals surface area contributed by atoms with E-state index < -0.39 is 0 Å². The molecule has 2 aliphatic heterocycles. The minimum absolute atomic E-state index is 0.164. The van der Waals surface area contributed by atoms with E-state index in [0.717, 1.165) is 49.6 Å². The predicted octanol–water partition coefficient (Wildman–Crippen LogP) is 3.93. The first kappa shape index (κ1) is 21.0. The second-order valence-electron chi connectivity index (χ2n) is 8.09. The number of methoxy groups -OCH3 is 1. The van der Waals surface area contributed by atoms with Crippen LogP contribution >= 0.6 is 11.6 Å². The van der Waals surface area contributed by atoms with Gasteiger partial charge < -0.3 is 20.1 Å². The Hall–Kier alpha value is -2.87. The first-order chi connectivity index (χ1) is 15.7. The lowest BCUT2D eigenvalue weighted by Gasteiger charge is -2.29. The Morgan fingerprint density at radius 2 is 1.97 bits per heavy atom. The zero-order chi connectivity index (χ0) is 22.1. The lowest BCUT2D eigenvalue weighted by molar-refractivity contribution is 0.184. The van der Waals surface area contributed by atoms with Crippen molar-refractivity contribution in [3.63, 3.8) is 0 Å². The van der Waals surface area contributed by atoms with Crippen LogP contribution in [0.5, 0.6) is 5.75 Å². The van der Waals surface area contributed by atoms with E-state index in [0.29, 0.717) is 23.3 Å². The Bertz CT molecular complexity index is 1140. The smallest absolute Gasteiger partial charge is 0.229 e. The first-order valence-electron chi connectivity index (χ1n) is 10.8. The summed E-state index contributed by atoms with van der Waals surface area (Å²) in [5, 5.41) is 13.1. The number of para-hydroxylation sites is 1. The Morgan fingerprint density at radius 3 is 2.81 bits per heavy atom. The van der Waals surface area contributed by atoms with Crippen LogP contribution in [0.2, 0.25) is 5.02 Å². The molecular formula is C24H26ClN5O2. The molecule has 0 amide bonds. The fourth-order valence-electron chi connectivity index (χ4n) is 4.53. The third-order valence-corrected chi connectivity index (χ3v) is 6.41. The van der Waals surface area contributed by atoms with E-state index in [4.69, 9.17) is 21.3 Å². The van der Waals surface area contributed by atoms with Gasteiger partial charge in [-0.3, -0.25) is 4.90 Å². The SMILES string of the molecule is COc1cc2c(cc1Nc1ncc(Cl)c(N3CCc4ccccc43)n1)CN(CCO)CC2. The summed E-state index contributed by atoms with van der Waals surface area (Å²) < 4.78 is 5.65. The van der Waals surface area contributed by atoms with Gasteiger partial charge in [-0.1, -0.05) is 29.8 Å². The van der Waals surface area contributed by atoms with Crippen LogP contribution in [-0.4, -0.2) is 53.3 Å². The molecule has 5 rings (SSSR count). The van der Waals surface area contributed by atoms with Crippen molar-refractivity contribution in [2.75, 3.05) is 43.6 Å². The summed E-state index contributed by atoms with van der Waals surface area (Å²) in [5.74, 6) is 1.92. The van der Waals surface area contributed by atoms with Crippen LogP contribution in [0.1, 0.15) is 16.7 Å². The number of hydrogen-bond donors (Lipinski definition) is 2.